The molecule has 0 aromatic heterocycles. The molecule has 2 rings (SSSR count). The van der Waals surface area contributed by atoms with Crippen molar-refractivity contribution < 1.29 is 9.53 Å². The van der Waals surface area contributed by atoms with Crippen LogP contribution in [0.3, 0.4) is 0 Å². The summed E-state index contributed by atoms with van der Waals surface area (Å²) in [6, 6.07) is 19.0. The molecule has 0 spiro atoms. The number of alkyl carbamates (subject to hydrolysis) is 1. The van der Waals surface area contributed by atoms with Gasteiger partial charge in [0.25, 0.3) is 0 Å². The van der Waals surface area contributed by atoms with Crippen LogP contribution in [0.2, 0.25) is 5.32 Å². The average Bonchev–Trinajstić information content (AvgIpc) is 2.53. The van der Waals surface area contributed by atoms with E-state index in [9.17, 15) is 4.79 Å². The molecule has 134 valence electrons. The van der Waals surface area contributed by atoms with Gasteiger partial charge in [0.2, 0.25) is 0 Å². The first-order chi connectivity index (χ1) is 11.8. The molecule has 0 aliphatic carbocycles. The third kappa shape index (κ3) is 7.76. The first-order valence-electron chi connectivity index (χ1n) is 8.55. The van der Waals surface area contributed by atoms with E-state index in [-0.39, 0.29) is 12.1 Å². The normalized spacial score (nSPS) is 12.5. The van der Waals surface area contributed by atoms with Gasteiger partial charge in [-0.15, -0.1) is 0 Å². The summed E-state index contributed by atoms with van der Waals surface area (Å²) in [5, 5.41) is 3.99. The van der Waals surface area contributed by atoms with Crippen LogP contribution in [-0.2, 0) is 11.2 Å². The summed E-state index contributed by atoms with van der Waals surface area (Å²) in [6.45, 7) is 7.75. The van der Waals surface area contributed by atoms with Crippen LogP contribution >= 0.6 is 0 Å². The third-order valence-corrected chi connectivity index (χ3v) is 5.98. The number of carbonyl (C=O) groups is 1. The van der Waals surface area contributed by atoms with E-state index < -0.39 is 5.60 Å². The fourth-order valence-corrected chi connectivity index (χ4v) is 4.29. The number of hydrogen-bond donors (Lipinski definition) is 1. The number of amides is 1. The first-order valence-corrected chi connectivity index (χ1v) is 10.6. The van der Waals surface area contributed by atoms with Crippen LogP contribution in [0.1, 0.15) is 31.9 Å². The van der Waals surface area contributed by atoms with Gasteiger partial charge in [0.05, 0.1) is 0 Å². The molecule has 0 aliphatic heterocycles. The van der Waals surface area contributed by atoms with Crippen molar-refractivity contribution in [3.05, 3.63) is 65.7 Å². The molecule has 0 heterocycles. The van der Waals surface area contributed by atoms with E-state index in [0.717, 1.165) is 11.7 Å². The summed E-state index contributed by atoms with van der Waals surface area (Å²) < 4.78 is 6.78. The Kier molecular flexibility index (Phi) is 7.10. The summed E-state index contributed by atoms with van der Waals surface area (Å²) in [5.74, 6) is 0. The van der Waals surface area contributed by atoms with Crippen molar-refractivity contribution in [2.45, 2.75) is 51.1 Å². The first kappa shape index (κ1) is 19.6. The predicted octanol–water partition coefficient (Wildman–Crippen LogP) is 3.88. The number of hydrogen-bond acceptors (Lipinski definition) is 2. The van der Waals surface area contributed by atoms with Gasteiger partial charge in [0.15, 0.2) is 0 Å². The summed E-state index contributed by atoms with van der Waals surface area (Å²) in [4.78, 5) is 12.2. The van der Waals surface area contributed by atoms with Gasteiger partial charge in [0.1, 0.15) is 0 Å². The van der Waals surface area contributed by atoms with Crippen molar-refractivity contribution in [3.63, 3.8) is 0 Å². The Bertz CT molecular complexity index is 663. The van der Waals surface area contributed by atoms with Crippen molar-refractivity contribution in [1.29, 1.82) is 0 Å². The summed E-state index contributed by atoms with van der Waals surface area (Å²) in [5.41, 5.74) is 2.01. The molecular weight excluding hydrogens is 377 g/mol. The van der Waals surface area contributed by atoms with Gasteiger partial charge in [-0.25, -0.2) is 0 Å². The summed E-state index contributed by atoms with van der Waals surface area (Å²) in [7, 11) is 0. The van der Waals surface area contributed by atoms with Crippen LogP contribution < -0.4 is 9.78 Å². The second-order valence-corrected chi connectivity index (χ2v) is 9.45. The number of aryl methyl sites for hydroxylation is 1. The Balaban J connectivity index is 2.00. The Morgan fingerprint density at radius 1 is 1.08 bits per heavy atom. The quantitative estimate of drug-likeness (QED) is 0.743. The molecule has 0 unspecified atom stereocenters. The van der Waals surface area contributed by atoms with Gasteiger partial charge in [-0.1, -0.05) is 0 Å². The molecule has 25 heavy (non-hydrogen) atoms. The van der Waals surface area contributed by atoms with Gasteiger partial charge in [-0.2, -0.15) is 0 Å². The Labute approximate surface area is 157 Å². The minimum atomic E-state index is -0.483. The molecule has 0 saturated heterocycles. The topological polar surface area (TPSA) is 38.3 Å². The summed E-state index contributed by atoms with van der Waals surface area (Å²) in [6.07, 6.45) is 0.474. The van der Waals surface area contributed by atoms with Crippen molar-refractivity contribution in [2.24, 2.45) is 0 Å². The molecule has 0 saturated carbocycles. The van der Waals surface area contributed by atoms with E-state index in [1.807, 2.05) is 39.0 Å². The Hall–Kier alpha value is -1.77. The van der Waals surface area contributed by atoms with Crippen molar-refractivity contribution in [1.82, 2.24) is 5.32 Å². The fourth-order valence-electron chi connectivity index (χ4n) is 2.36. The van der Waals surface area contributed by atoms with Crippen molar-refractivity contribution in [3.8, 4) is 0 Å². The van der Waals surface area contributed by atoms with E-state index in [0.29, 0.717) is 15.0 Å². The number of benzene rings is 2. The van der Waals surface area contributed by atoms with Gasteiger partial charge < -0.3 is 0 Å². The minimum absolute atomic E-state index is 0.0681. The zero-order valence-corrected chi connectivity index (χ0v) is 17.1. The molecule has 1 atom stereocenters. The van der Waals surface area contributed by atoms with Crippen LogP contribution in [0, 0.1) is 6.92 Å². The van der Waals surface area contributed by atoms with Gasteiger partial charge in [-0.3, -0.25) is 0 Å². The fraction of sp³-hybridized carbons (Fsp3) is 0.381. The van der Waals surface area contributed by atoms with Crippen LogP contribution in [0.4, 0.5) is 4.79 Å². The second kappa shape index (κ2) is 9.07. The summed E-state index contributed by atoms with van der Waals surface area (Å²) >= 11 is 0.308. The molecule has 2 aromatic carbocycles. The van der Waals surface area contributed by atoms with Crippen LogP contribution in [0.15, 0.2) is 54.6 Å². The van der Waals surface area contributed by atoms with E-state index in [1.54, 1.807) is 0 Å². The molecule has 0 fully saturated rings. The molecular formula is C21H27NO2Se. The number of carbonyl (C=O) groups excluding carboxylic acids is 1. The van der Waals surface area contributed by atoms with Crippen molar-refractivity contribution >= 4 is 25.5 Å². The number of ether oxygens (including phenoxy) is 1. The van der Waals surface area contributed by atoms with Gasteiger partial charge in [0, 0.05) is 0 Å². The third-order valence-electron chi connectivity index (χ3n) is 3.52. The maximum absolute atomic E-state index is 12.2. The molecule has 4 heteroatoms. The van der Waals surface area contributed by atoms with Crippen molar-refractivity contribution in [2.75, 3.05) is 0 Å². The maximum atomic E-state index is 12.2. The molecule has 1 amide bonds. The molecule has 3 nitrogen and oxygen atoms in total. The van der Waals surface area contributed by atoms with E-state index >= 15 is 0 Å². The monoisotopic (exact) mass is 405 g/mol. The van der Waals surface area contributed by atoms with Gasteiger partial charge >= 0.3 is 157 Å². The zero-order valence-electron chi connectivity index (χ0n) is 15.4. The van der Waals surface area contributed by atoms with E-state index in [2.05, 4.69) is 48.6 Å². The molecule has 0 bridgehead atoms. The number of nitrogens with one attached hydrogen (secondary N) is 1. The molecule has 0 radical (unpaired) electrons. The number of rotatable bonds is 6. The van der Waals surface area contributed by atoms with Crippen LogP contribution in [0.25, 0.3) is 0 Å². The van der Waals surface area contributed by atoms with E-state index in [1.165, 1.54) is 15.6 Å². The standard InChI is InChI=1S/C21H27NO2Se/c1-16-10-12-19(13-11-16)25-15-18(14-17-8-6-5-7-9-17)22-20(23)24-21(2,3)4/h5-13,18H,14-15H2,1-4H3,(H,22,23)/t18-/m0/s1. The van der Waals surface area contributed by atoms with E-state index in [4.69, 9.17) is 4.74 Å². The molecule has 2 aromatic rings. The Morgan fingerprint density at radius 3 is 2.32 bits per heavy atom. The molecule has 1 N–H and O–H groups in total. The molecule has 0 aliphatic rings. The average molecular weight is 404 g/mol. The second-order valence-electron chi connectivity index (χ2n) is 7.16. The zero-order chi connectivity index (χ0) is 18.3. The van der Waals surface area contributed by atoms with Crippen LogP contribution in [0.5, 0.6) is 0 Å². The van der Waals surface area contributed by atoms with Gasteiger partial charge in [-0.05, 0) is 0 Å². The SMILES string of the molecule is Cc1ccc([Se]C[C@H](Cc2ccccc2)NC(=O)OC(C)(C)C)cc1. The van der Waals surface area contributed by atoms with Crippen LogP contribution in [-0.4, -0.2) is 32.7 Å². The Morgan fingerprint density at radius 2 is 1.72 bits per heavy atom. The predicted molar refractivity (Wildman–Crippen MR) is 105 cm³/mol.